The van der Waals surface area contributed by atoms with Gasteiger partial charge < -0.3 is 16.0 Å². The van der Waals surface area contributed by atoms with Crippen molar-refractivity contribution in [1.82, 2.24) is 14.9 Å². The second-order valence-corrected chi connectivity index (χ2v) is 10.3. The SMILES string of the molecule is C[C@@H](Nc1nc(Cl)nc2c1CC(CCC(=O)CC1CCN(C)C1)C2)c1cc(N)cc(C(F)(F)F)c1. The van der Waals surface area contributed by atoms with E-state index in [0.29, 0.717) is 48.8 Å². The van der Waals surface area contributed by atoms with E-state index >= 15 is 0 Å². The van der Waals surface area contributed by atoms with Gasteiger partial charge in [0, 0.05) is 30.6 Å². The molecule has 2 heterocycles. The first-order valence-corrected chi connectivity index (χ1v) is 12.4. The smallest absolute Gasteiger partial charge is 0.399 e. The minimum Gasteiger partial charge on any atom is -0.399 e. The maximum absolute atomic E-state index is 13.2. The third-order valence-corrected chi connectivity index (χ3v) is 7.20. The molecule has 1 fully saturated rings. The number of carbonyl (C=O) groups excluding carboxylic acids is 1. The van der Waals surface area contributed by atoms with Crippen LogP contribution in [-0.2, 0) is 23.8 Å². The summed E-state index contributed by atoms with van der Waals surface area (Å²) in [6.45, 7) is 3.79. The van der Waals surface area contributed by atoms with E-state index in [0.717, 1.165) is 49.3 Å². The molecule has 2 aromatic rings. The van der Waals surface area contributed by atoms with E-state index in [-0.39, 0.29) is 16.9 Å². The number of Topliss-reactive ketones (excluding diaryl/α,β-unsaturated/α-hetero) is 1. The van der Waals surface area contributed by atoms with Crippen molar-refractivity contribution in [2.45, 2.75) is 57.7 Å². The highest BCUT2D eigenvalue weighted by atomic mass is 35.5. The summed E-state index contributed by atoms with van der Waals surface area (Å²) in [5.74, 6) is 1.54. The van der Waals surface area contributed by atoms with Crippen molar-refractivity contribution in [2.24, 2.45) is 11.8 Å². The van der Waals surface area contributed by atoms with Gasteiger partial charge in [-0.2, -0.15) is 13.2 Å². The van der Waals surface area contributed by atoms with E-state index in [1.54, 1.807) is 6.92 Å². The number of halogens is 4. The van der Waals surface area contributed by atoms with Crippen LogP contribution < -0.4 is 11.1 Å². The number of rotatable bonds is 8. The quantitative estimate of drug-likeness (QED) is 0.370. The number of likely N-dealkylation sites (tertiary alicyclic amines) is 1. The molecule has 1 aliphatic heterocycles. The maximum Gasteiger partial charge on any atom is 0.416 e. The third kappa shape index (κ3) is 6.44. The molecule has 4 rings (SSSR count). The minimum atomic E-state index is -4.48. The molecule has 1 aromatic carbocycles. The van der Waals surface area contributed by atoms with Crippen LogP contribution in [0.4, 0.5) is 24.7 Å². The molecular weight excluding hydrogens is 479 g/mol. The Morgan fingerprint density at radius 1 is 1.26 bits per heavy atom. The lowest BCUT2D eigenvalue weighted by Gasteiger charge is -2.19. The summed E-state index contributed by atoms with van der Waals surface area (Å²) in [4.78, 5) is 23.5. The first kappa shape index (κ1) is 25.7. The number of alkyl halides is 3. The molecule has 0 radical (unpaired) electrons. The Morgan fingerprint density at radius 2 is 2.03 bits per heavy atom. The monoisotopic (exact) mass is 509 g/mol. The van der Waals surface area contributed by atoms with Crippen molar-refractivity contribution in [1.29, 1.82) is 0 Å². The van der Waals surface area contributed by atoms with Crippen molar-refractivity contribution < 1.29 is 18.0 Å². The number of nitrogens with zero attached hydrogens (tertiary/aromatic N) is 3. The number of hydrogen-bond donors (Lipinski definition) is 2. The standard InChI is InChI=1S/C25H31ClF3N5O/c1-14(17-10-18(25(27,28)29)12-19(30)11-17)31-23-21-8-15(9-22(21)32-24(26)33-23)3-4-20(35)7-16-5-6-34(2)13-16/h10-12,14-16H,3-9,13,30H2,1-2H3,(H,31,32,33)/t14-,15?,16?/m1/s1. The first-order valence-electron chi connectivity index (χ1n) is 12.0. The Morgan fingerprint density at radius 3 is 2.71 bits per heavy atom. The molecule has 0 bridgehead atoms. The summed E-state index contributed by atoms with van der Waals surface area (Å²) in [6, 6.07) is 3.05. The van der Waals surface area contributed by atoms with Crippen molar-refractivity contribution in [2.75, 3.05) is 31.2 Å². The normalized spacial score (nSPS) is 21.2. The average molecular weight is 510 g/mol. The van der Waals surface area contributed by atoms with Crippen molar-refractivity contribution >= 4 is 28.9 Å². The highest BCUT2D eigenvalue weighted by Crippen LogP contribution is 2.37. The zero-order chi connectivity index (χ0) is 25.3. The average Bonchev–Trinajstić information content (AvgIpc) is 3.36. The van der Waals surface area contributed by atoms with Gasteiger partial charge >= 0.3 is 6.18 Å². The number of nitrogens with two attached hydrogens (primary N) is 1. The van der Waals surface area contributed by atoms with Gasteiger partial charge in [0.25, 0.3) is 0 Å². The molecule has 0 spiro atoms. The summed E-state index contributed by atoms with van der Waals surface area (Å²) < 4.78 is 39.7. The van der Waals surface area contributed by atoms with E-state index in [1.807, 2.05) is 0 Å². The van der Waals surface area contributed by atoms with Crippen LogP contribution in [0.2, 0.25) is 5.28 Å². The topological polar surface area (TPSA) is 84.1 Å². The Hall–Kier alpha value is -2.39. The van der Waals surface area contributed by atoms with Gasteiger partial charge in [-0.25, -0.2) is 9.97 Å². The van der Waals surface area contributed by atoms with E-state index in [9.17, 15) is 18.0 Å². The van der Waals surface area contributed by atoms with Crippen molar-refractivity contribution in [3.8, 4) is 0 Å². The van der Waals surface area contributed by atoms with Crippen LogP contribution >= 0.6 is 11.6 Å². The lowest BCUT2D eigenvalue weighted by molar-refractivity contribution is -0.137. The molecule has 1 aromatic heterocycles. The second kappa shape index (κ2) is 10.3. The molecule has 190 valence electrons. The number of carbonyl (C=O) groups is 1. The van der Waals surface area contributed by atoms with Gasteiger partial charge in [-0.15, -0.1) is 0 Å². The van der Waals surface area contributed by atoms with Gasteiger partial charge in [-0.3, -0.25) is 4.79 Å². The van der Waals surface area contributed by atoms with E-state index < -0.39 is 17.8 Å². The second-order valence-electron chi connectivity index (χ2n) is 9.99. The molecule has 35 heavy (non-hydrogen) atoms. The fourth-order valence-electron chi connectivity index (χ4n) is 5.20. The van der Waals surface area contributed by atoms with Crippen molar-refractivity contribution in [3.63, 3.8) is 0 Å². The first-order chi connectivity index (χ1) is 16.5. The van der Waals surface area contributed by atoms with Crippen LogP contribution in [0, 0.1) is 11.8 Å². The Labute approximate surface area is 208 Å². The zero-order valence-corrected chi connectivity index (χ0v) is 20.7. The number of hydrogen-bond acceptors (Lipinski definition) is 6. The van der Waals surface area contributed by atoms with Gasteiger partial charge in [0.15, 0.2) is 0 Å². The number of nitrogens with one attached hydrogen (secondary N) is 1. The zero-order valence-electron chi connectivity index (χ0n) is 20.0. The Kier molecular flexibility index (Phi) is 7.57. The molecule has 10 heteroatoms. The highest BCUT2D eigenvalue weighted by Gasteiger charge is 2.32. The van der Waals surface area contributed by atoms with Crippen LogP contribution in [0.5, 0.6) is 0 Å². The molecular formula is C25H31ClF3N5O. The van der Waals surface area contributed by atoms with E-state index in [4.69, 9.17) is 17.3 Å². The molecule has 3 atom stereocenters. The van der Waals surface area contributed by atoms with Crippen molar-refractivity contribution in [3.05, 3.63) is 45.9 Å². The number of ketones is 1. The number of fused-ring (bicyclic) bond motifs is 1. The summed E-state index contributed by atoms with van der Waals surface area (Å²) in [6.07, 6.45) is -0.0444. The molecule has 1 saturated heterocycles. The third-order valence-electron chi connectivity index (χ3n) is 7.04. The van der Waals surface area contributed by atoms with Gasteiger partial charge in [0.05, 0.1) is 17.3 Å². The maximum atomic E-state index is 13.2. The fraction of sp³-hybridized carbons (Fsp3) is 0.560. The largest absolute Gasteiger partial charge is 0.416 e. The Balaban J connectivity index is 1.41. The minimum absolute atomic E-state index is 0.0448. The van der Waals surface area contributed by atoms with E-state index in [2.05, 4.69) is 27.2 Å². The van der Waals surface area contributed by atoms with Gasteiger partial charge in [0.2, 0.25) is 5.28 Å². The molecule has 1 aliphatic carbocycles. The molecule has 3 N–H and O–H groups in total. The molecule has 2 unspecified atom stereocenters. The number of anilines is 2. The van der Waals surface area contributed by atoms with Crippen LogP contribution in [0.15, 0.2) is 18.2 Å². The predicted octanol–water partition coefficient (Wildman–Crippen LogP) is 5.31. The van der Waals surface area contributed by atoms with Crippen LogP contribution in [0.1, 0.15) is 61.0 Å². The lowest BCUT2D eigenvalue weighted by atomic mass is 9.94. The lowest BCUT2D eigenvalue weighted by Crippen LogP contribution is -2.16. The van der Waals surface area contributed by atoms with Crippen LogP contribution in [-0.4, -0.2) is 40.8 Å². The highest BCUT2D eigenvalue weighted by molar-refractivity contribution is 6.28. The number of benzene rings is 1. The van der Waals surface area contributed by atoms with Gasteiger partial charge in [-0.05, 0) is 93.4 Å². The molecule has 0 saturated carbocycles. The number of aromatic nitrogens is 2. The van der Waals surface area contributed by atoms with E-state index in [1.165, 1.54) is 6.07 Å². The summed E-state index contributed by atoms with van der Waals surface area (Å²) >= 11 is 6.16. The van der Waals surface area contributed by atoms with Gasteiger partial charge in [-0.1, -0.05) is 0 Å². The van der Waals surface area contributed by atoms with Crippen LogP contribution in [0.25, 0.3) is 0 Å². The fourth-order valence-corrected chi connectivity index (χ4v) is 5.39. The molecule has 0 amide bonds. The van der Waals surface area contributed by atoms with Crippen LogP contribution in [0.3, 0.4) is 0 Å². The molecule has 6 nitrogen and oxygen atoms in total. The molecule has 2 aliphatic rings. The summed E-state index contributed by atoms with van der Waals surface area (Å²) in [5.41, 5.74) is 7.13. The Bertz CT molecular complexity index is 1090. The number of nitrogen functional groups attached to an aromatic ring is 1. The summed E-state index contributed by atoms with van der Waals surface area (Å²) in [5, 5.41) is 3.30. The van der Waals surface area contributed by atoms with Gasteiger partial charge in [0.1, 0.15) is 11.6 Å². The predicted molar refractivity (Wildman–Crippen MR) is 130 cm³/mol. The summed E-state index contributed by atoms with van der Waals surface area (Å²) in [7, 11) is 2.08.